The predicted molar refractivity (Wildman–Crippen MR) is 252 cm³/mol. The van der Waals surface area contributed by atoms with Crippen molar-refractivity contribution in [3.8, 4) is 11.5 Å². The summed E-state index contributed by atoms with van der Waals surface area (Å²) in [5, 5.41) is 9.68. The van der Waals surface area contributed by atoms with Crippen molar-refractivity contribution in [1.29, 1.82) is 0 Å². The lowest BCUT2D eigenvalue weighted by atomic mass is 9.89. The maximum absolute atomic E-state index is 13.5. The zero-order valence-corrected chi connectivity index (χ0v) is 33.1. The summed E-state index contributed by atoms with van der Waals surface area (Å²) in [4.78, 5) is 60.1. The van der Waals surface area contributed by atoms with Crippen LogP contribution in [0.3, 0.4) is 0 Å². The predicted octanol–water partition coefficient (Wildman–Crippen LogP) is 7.78. The van der Waals surface area contributed by atoms with E-state index in [-0.39, 0.29) is 53.3 Å². The molecule has 2 aliphatic heterocycles. The zero-order chi connectivity index (χ0) is 40.4. The highest BCUT2D eigenvalue weighted by Crippen LogP contribution is 2.41. The van der Waals surface area contributed by atoms with E-state index in [0.717, 1.165) is 45.4 Å². The van der Waals surface area contributed by atoms with Gasteiger partial charge in [0.1, 0.15) is 11.5 Å². The first-order valence-corrected chi connectivity index (χ1v) is 19.1. The van der Waals surface area contributed by atoms with Crippen molar-refractivity contribution in [2.75, 3.05) is 87.7 Å². The molecule has 8 rings (SSSR count). The molecule has 6 aromatic carbocycles. The number of carbonyl (C=O) groups excluding carboxylic acids is 4. The van der Waals surface area contributed by atoms with Crippen molar-refractivity contribution in [3.63, 3.8) is 0 Å². The second kappa shape index (κ2) is 21.0. The van der Waals surface area contributed by atoms with Gasteiger partial charge in [-0.25, -0.2) is 0 Å². The first kappa shape index (κ1) is 49.4. The fourth-order valence-corrected chi connectivity index (χ4v) is 7.90. The normalized spacial score (nSPS) is 12.9. The molecule has 2 heterocycles. The van der Waals surface area contributed by atoms with E-state index in [9.17, 15) is 19.2 Å². The van der Waals surface area contributed by atoms with Crippen LogP contribution in [0.1, 0.15) is 71.1 Å². The van der Waals surface area contributed by atoms with Crippen molar-refractivity contribution in [1.82, 2.24) is 24.9 Å². The molecule has 0 bridgehead atoms. The van der Waals surface area contributed by atoms with E-state index in [4.69, 9.17) is 15.2 Å². The largest absolute Gasteiger partial charge is 0.496 e. The minimum absolute atomic E-state index is 0. The SMILES string of the molecule is C.C.C.C.CNCCN(C)CCN1C(=O)c2ccc(OC)c3cc4ccccc4c(c23)C1=O.COc1ccc2c3c(c4ccccc4cc13)C(=O)N(CCN(C)CCN)C2=O. The molecular formula is C49H64N6O6. The number of fused-ring (bicyclic) bond motifs is 4. The molecule has 2 aliphatic rings. The summed E-state index contributed by atoms with van der Waals surface area (Å²) >= 11 is 0. The van der Waals surface area contributed by atoms with E-state index < -0.39 is 0 Å². The molecule has 0 saturated heterocycles. The van der Waals surface area contributed by atoms with Gasteiger partial charge in [0.05, 0.1) is 25.3 Å². The number of nitrogens with one attached hydrogen (secondary N) is 1. The van der Waals surface area contributed by atoms with Gasteiger partial charge in [0.2, 0.25) is 0 Å². The Hall–Kier alpha value is -5.92. The van der Waals surface area contributed by atoms with Crippen LogP contribution in [0.15, 0.2) is 84.9 Å². The van der Waals surface area contributed by atoms with Gasteiger partial charge in [-0.05, 0) is 79.1 Å². The second-order valence-electron chi connectivity index (χ2n) is 14.4. The third-order valence-corrected chi connectivity index (χ3v) is 10.9. The lowest BCUT2D eigenvalue weighted by molar-refractivity contribution is 0.0583. The van der Waals surface area contributed by atoms with Crippen molar-refractivity contribution < 1.29 is 28.7 Å². The zero-order valence-electron chi connectivity index (χ0n) is 33.1. The number of methoxy groups -OCH3 is 2. The first-order chi connectivity index (χ1) is 27.6. The fraction of sp³-hybridized carbons (Fsp3) is 0.347. The minimum atomic E-state index is -0.262. The molecule has 61 heavy (non-hydrogen) atoms. The van der Waals surface area contributed by atoms with Gasteiger partial charge in [-0.3, -0.25) is 29.0 Å². The lowest BCUT2D eigenvalue weighted by Gasteiger charge is -2.30. The van der Waals surface area contributed by atoms with Crippen LogP contribution in [0.4, 0.5) is 0 Å². The van der Waals surface area contributed by atoms with Crippen LogP contribution >= 0.6 is 0 Å². The van der Waals surface area contributed by atoms with E-state index in [0.29, 0.717) is 83.8 Å². The average molecular weight is 833 g/mol. The van der Waals surface area contributed by atoms with E-state index in [1.807, 2.05) is 86.7 Å². The van der Waals surface area contributed by atoms with Crippen LogP contribution < -0.4 is 20.5 Å². The number of ether oxygens (including phenoxy) is 2. The van der Waals surface area contributed by atoms with Gasteiger partial charge in [0, 0.05) is 85.0 Å². The number of nitrogens with zero attached hydrogens (tertiary/aromatic N) is 4. The lowest BCUT2D eigenvalue weighted by Crippen LogP contribution is -2.44. The highest BCUT2D eigenvalue weighted by molar-refractivity contribution is 6.32. The highest BCUT2D eigenvalue weighted by atomic mass is 16.5. The van der Waals surface area contributed by atoms with Crippen LogP contribution in [0.2, 0.25) is 0 Å². The maximum Gasteiger partial charge on any atom is 0.262 e. The van der Waals surface area contributed by atoms with Gasteiger partial charge >= 0.3 is 0 Å². The Kier molecular flexibility index (Phi) is 17.1. The van der Waals surface area contributed by atoms with Crippen LogP contribution in [0, 0.1) is 0 Å². The monoisotopic (exact) mass is 832 g/mol. The molecule has 0 unspecified atom stereocenters. The molecule has 0 aromatic heterocycles. The van der Waals surface area contributed by atoms with Crippen LogP contribution in [0.5, 0.6) is 11.5 Å². The van der Waals surface area contributed by atoms with Gasteiger partial charge in [0.15, 0.2) is 0 Å². The Labute approximate surface area is 361 Å². The average Bonchev–Trinajstić information content (AvgIpc) is 3.22. The highest BCUT2D eigenvalue weighted by Gasteiger charge is 2.36. The van der Waals surface area contributed by atoms with Crippen molar-refractivity contribution in [2.45, 2.75) is 29.7 Å². The van der Waals surface area contributed by atoms with E-state index in [1.165, 1.54) is 9.80 Å². The summed E-state index contributed by atoms with van der Waals surface area (Å²) in [6, 6.07) is 26.7. The molecule has 326 valence electrons. The number of imide groups is 2. The molecule has 12 heteroatoms. The summed E-state index contributed by atoms with van der Waals surface area (Å²) in [5.74, 6) is 0.321. The third kappa shape index (κ3) is 9.08. The molecule has 0 radical (unpaired) electrons. The molecule has 0 atom stereocenters. The maximum atomic E-state index is 13.5. The summed E-state index contributed by atoms with van der Waals surface area (Å²) in [6.45, 7) is 4.82. The number of nitrogens with two attached hydrogens (primary N) is 1. The van der Waals surface area contributed by atoms with E-state index in [2.05, 4.69) is 10.2 Å². The summed E-state index contributed by atoms with van der Waals surface area (Å²) in [7, 11) is 9.03. The fourth-order valence-electron chi connectivity index (χ4n) is 7.90. The number of hydrogen-bond donors (Lipinski definition) is 2. The van der Waals surface area contributed by atoms with Crippen LogP contribution in [0.25, 0.3) is 43.1 Å². The molecule has 0 aliphatic carbocycles. The van der Waals surface area contributed by atoms with Crippen molar-refractivity contribution in [3.05, 3.63) is 107 Å². The molecule has 4 amide bonds. The molecule has 3 N–H and O–H groups in total. The molecule has 12 nitrogen and oxygen atoms in total. The minimum Gasteiger partial charge on any atom is -0.496 e. The van der Waals surface area contributed by atoms with Gasteiger partial charge in [-0.15, -0.1) is 0 Å². The standard InChI is InChI=1S/C23H25N3O3.C22H23N3O3.4CH4/c1-24-10-11-25(2)12-13-26-22(27)17-8-9-19(29-3)18-14-15-6-4-5-7-16(15)21(20(17)18)23(26)28;1-24(10-9-23)11-12-25-21(26)16-7-8-18(28-2)17-13-14-5-3-4-6-15(14)20(19(16)17)22(25)27;;;;/h4-9,14,24H,10-13H2,1-3H3;3-8,13H,9-12,23H2,1-2H3;4*1H4. The van der Waals surface area contributed by atoms with Gasteiger partial charge in [0.25, 0.3) is 23.6 Å². The van der Waals surface area contributed by atoms with Gasteiger partial charge in [-0.1, -0.05) is 78.2 Å². The molecular weight excluding hydrogens is 769 g/mol. The number of amides is 4. The number of benzene rings is 6. The van der Waals surface area contributed by atoms with Crippen LogP contribution in [-0.2, 0) is 0 Å². The quantitative estimate of drug-likeness (QED) is 0.0877. The number of likely N-dealkylation sites (N-methyl/N-ethyl adjacent to an activating group) is 3. The molecule has 0 spiro atoms. The van der Waals surface area contributed by atoms with Crippen molar-refractivity contribution in [2.24, 2.45) is 5.73 Å². The van der Waals surface area contributed by atoms with Crippen molar-refractivity contribution >= 4 is 66.7 Å². The van der Waals surface area contributed by atoms with E-state index in [1.54, 1.807) is 38.5 Å². The van der Waals surface area contributed by atoms with Crippen LogP contribution in [-0.4, -0.2) is 131 Å². The second-order valence-corrected chi connectivity index (χ2v) is 14.4. The topological polar surface area (TPSA) is 138 Å². The molecule has 0 saturated carbocycles. The first-order valence-electron chi connectivity index (χ1n) is 19.1. The summed E-state index contributed by atoms with van der Waals surface area (Å²) < 4.78 is 11.0. The van der Waals surface area contributed by atoms with E-state index >= 15 is 0 Å². The summed E-state index contributed by atoms with van der Waals surface area (Å²) in [6.07, 6.45) is 0. The number of carbonyl (C=O) groups is 4. The Morgan fingerprint density at radius 1 is 0.557 bits per heavy atom. The number of rotatable bonds is 13. The van der Waals surface area contributed by atoms with Gasteiger partial charge in [-0.2, -0.15) is 0 Å². The smallest absolute Gasteiger partial charge is 0.262 e. The third-order valence-electron chi connectivity index (χ3n) is 10.9. The summed E-state index contributed by atoms with van der Waals surface area (Å²) in [5.41, 5.74) is 7.85. The Morgan fingerprint density at radius 2 is 0.967 bits per heavy atom. The Morgan fingerprint density at radius 3 is 1.36 bits per heavy atom. The molecule has 0 fully saturated rings. The Bertz CT molecular complexity index is 2560. The Balaban J connectivity index is 0.000000305. The van der Waals surface area contributed by atoms with Gasteiger partial charge < -0.3 is 30.3 Å². The molecule has 6 aromatic rings. The number of hydrogen-bond acceptors (Lipinski definition) is 10.